The number of nitro benzene ring substituents is 1. The number of nitro groups is 1. The molecule has 0 heterocycles. The predicted molar refractivity (Wildman–Crippen MR) is 73.5 cm³/mol. The Morgan fingerprint density at radius 2 is 2.25 bits per heavy atom. The Balaban J connectivity index is 2.27. The molecule has 0 spiro atoms. The Kier molecular flexibility index (Phi) is 4.19. The lowest BCUT2D eigenvalue weighted by molar-refractivity contribution is -0.384. The van der Waals surface area contributed by atoms with E-state index in [1.54, 1.807) is 0 Å². The van der Waals surface area contributed by atoms with Gasteiger partial charge >= 0.3 is 0 Å². The first-order valence-corrected chi connectivity index (χ1v) is 6.48. The third-order valence-electron chi connectivity index (χ3n) is 3.71. The number of benzene rings is 1. The molecular formula is C13H17N3O4. The van der Waals surface area contributed by atoms with E-state index in [1.807, 2.05) is 0 Å². The van der Waals surface area contributed by atoms with Crippen LogP contribution in [0.15, 0.2) is 18.2 Å². The maximum absolute atomic E-state index is 11.1. The number of hydrogen-bond donors (Lipinski definition) is 3. The van der Waals surface area contributed by atoms with Crippen molar-refractivity contribution in [3.8, 4) is 0 Å². The lowest BCUT2D eigenvalue weighted by atomic mass is 10.0. The standard InChI is InChI=1S/C13H17N3O4/c14-13(18)8-4-5-11(12(6-8)16(19)20)15-10-3-1-2-9(10)7-17/h4-6,9-10,15,17H,1-3,7H2,(H2,14,18). The molecule has 1 amide bonds. The minimum atomic E-state index is -0.700. The van der Waals surface area contributed by atoms with E-state index in [9.17, 15) is 20.0 Å². The molecule has 0 aliphatic heterocycles. The van der Waals surface area contributed by atoms with E-state index in [2.05, 4.69) is 5.32 Å². The fourth-order valence-electron chi connectivity index (χ4n) is 2.60. The van der Waals surface area contributed by atoms with E-state index >= 15 is 0 Å². The Morgan fingerprint density at radius 3 is 2.85 bits per heavy atom. The zero-order chi connectivity index (χ0) is 14.7. The number of hydrogen-bond acceptors (Lipinski definition) is 5. The van der Waals surface area contributed by atoms with E-state index in [0.29, 0.717) is 5.69 Å². The highest BCUT2D eigenvalue weighted by molar-refractivity contribution is 5.94. The number of aliphatic hydroxyl groups is 1. The smallest absolute Gasteiger partial charge is 0.293 e. The molecule has 1 fully saturated rings. The number of carbonyl (C=O) groups is 1. The largest absolute Gasteiger partial charge is 0.396 e. The Hall–Kier alpha value is -2.15. The van der Waals surface area contributed by atoms with Crippen LogP contribution >= 0.6 is 0 Å². The molecule has 1 saturated carbocycles. The van der Waals surface area contributed by atoms with Gasteiger partial charge in [0.2, 0.25) is 5.91 Å². The van der Waals surface area contributed by atoms with Crippen LogP contribution in [0.2, 0.25) is 0 Å². The number of primary amides is 1. The van der Waals surface area contributed by atoms with Gasteiger partial charge in [0.1, 0.15) is 5.69 Å². The number of nitrogens with two attached hydrogens (primary N) is 1. The number of nitrogens with zero attached hydrogens (tertiary/aromatic N) is 1. The molecule has 7 nitrogen and oxygen atoms in total. The molecule has 108 valence electrons. The van der Waals surface area contributed by atoms with Gasteiger partial charge in [0, 0.05) is 30.2 Å². The summed E-state index contributed by atoms with van der Waals surface area (Å²) in [5, 5.41) is 23.5. The zero-order valence-electron chi connectivity index (χ0n) is 10.9. The van der Waals surface area contributed by atoms with Crippen molar-refractivity contribution in [3.63, 3.8) is 0 Å². The first kappa shape index (κ1) is 14.3. The Bertz CT molecular complexity index is 532. The van der Waals surface area contributed by atoms with E-state index in [4.69, 9.17) is 5.73 Å². The Labute approximate surface area is 115 Å². The molecule has 2 unspecified atom stereocenters. The molecule has 0 saturated heterocycles. The van der Waals surface area contributed by atoms with Crippen molar-refractivity contribution in [1.82, 2.24) is 0 Å². The van der Waals surface area contributed by atoms with Crippen molar-refractivity contribution < 1.29 is 14.8 Å². The molecule has 1 aliphatic carbocycles. The maximum Gasteiger partial charge on any atom is 0.293 e. The normalized spacial score (nSPS) is 21.6. The third-order valence-corrected chi connectivity index (χ3v) is 3.71. The second kappa shape index (κ2) is 5.87. The van der Waals surface area contributed by atoms with Gasteiger partial charge in [-0.25, -0.2) is 0 Å². The third kappa shape index (κ3) is 2.88. The average molecular weight is 279 g/mol. The number of rotatable bonds is 5. The summed E-state index contributed by atoms with van der Waals surface area (Å²) in [7, 11) is 0. The molecule has 2 rings (SSSR count). The molecule has 1 aromatic rings. The van der Waals surface area contributed by atoms with E-state index in [0.717, 1.165) is 19.3 Å². The van der Waals surface area contributed by atoms with Crippen molar-refractivity contribution in [1.29, 1.82) is 0 Å². The van der Waals surface area contributed by atoms with Crippen LogP contribution in [-0.2, 0) is 0 Å². The average Bonchev–Trinajstić information content (AvgIpc) is 2.85. The van der Waals surface area contributed by atoms with Gasteiger partial charge in [0.25, 0.3) is 5.69 Å². The number of aliphatic hydroxyl groups excluding tert-OH is 1. The van der Waals surface area contributed by atoms with Gasteiger partial charge < -0.3 is 16.2 Å². The fraction of sp³-hybridized carbons (Fsp3) is 0.462. The fourth-order valence-corrected chi connectivity index (χ4v) is 2.60. The lowest BCUT2D eigenvalue weighted by Crippen LogP contribution is -2.26. The van der Waals surface area contributed by atoms with E-state index in [-0.39, 0.29) is 29.8 Å². The summed E-state index contributed by atoms with van der Waals surface area (Å²) in [6.07, 6.45) is 2.75. The lowest BCUT2D eigenvalue weighted by Gasteiger charge is -2.20. The molecule has 7 heteroatoms. The second-order valence-corrected chi connectivity index (χ2v) is 4.98. The van der Waals surface area contributed by atoms with Crippen LogP contribution in [0.5, 0.6) is 0 Å². The van der Waals surface area contributed by atoms with Gasteiger partial charge in [0.05, 0.1) is 4.92 Å². The van der Waals surface area contributed by atoms with E-state index < -0.39 is 10.8 Å². The number of amides is 1. The van der Waals surface area contributed by atoms with Crippen LogP contribution in [0.25, 0.3) is 0 Å². The zero-order valence-corrected chi connectivity index (χ0v) is 10.9. The minimum Gasteiger partial charge on any atom is -0.396 e. The van der Waals surface area contributed by atoms with Gasteiger partial charge in [-0.2, -0.15) is 0 Å². The molecule has 1 aromatic carbocycles. The molecule has 0 radical (unpaired) electrons. The van der Waals surface area contributed by atoms with Crippen LogP contribution in [0.4, 0.5) is 11.4 Å². The van der Waals surface area contributed by atoms with Crippen LogP contribution in [0.1, 0.15) is 29.6 Å². The van der Waals surface area contributed by atoms with Crippen molar-refractivity contribution in [2.24, 2.45) is 11.7 Å². The van der Waals surface area contributed by atoms with Crippen LogP contribution in [-0.4, -0.2) is 28.6 Å². The summed E-state index contributed by atoms with van der Waals surface area (Å²) in [4.78, 5) is 21.6. The summed E-state index contributed by atoms with van der Waals surface area (Å²) >= 11 is 0. The van der Waals surface area contributed by atoms with Crippen LogP contribution in [0.3, 0.4) is 0 Å². The van der Waals surface area contributed by atoms with Gasteiger partial charge in [-0.05, 0) is 25.0 Å². The Morgan fingerprint density at radius 1 is 1.50 bits per heavy atom. The first-order chi connectivity index (χ1) is 9.52. The molecule has 0 aromatic heterocycles. The molecule has 20 heavy (non-hydrogen) atoms. The summed E-state index contributed by atoms with van der Waals surface area (Å²) in [5.41, 5.74) is 5.41. The van der Waals surface area contributed by atoms with Crippen molar-refractivity contribution >= 4 is 17.3 Å². The summed E-state index contributed by atoms with van der Waals surface area (Å²) in [6, 6.07) is 4.14. The maximum atomic E-state index is 11.1. The number of carbonyl (C=O) groups excluding carboxylic acids is 1. The topological polar surface area (TPSA) is 118 Å². The van der Waals surface area contributed by atoms with Crippen molar-refractivity contribution in [3.05, 3.63) is 33.9 Å². The van der Waals surface area contributed by atoms with Crippen molar-refractivity contribution in [2.45, 2.75) is 25.3 Å². The monoisotopic (exact) mass is 279 g/mol. The van der Waals surface area contributed by atoms with Gasteiger partial charge in [0.15, 0.2) is 0 Å². The van der Waals surface area contributed by atoms with Gasteiger partial charge in [-0.3, -0.25) is 14.9 Å². The first-order valence-electron chi connectivity index (χ1n) is 6.48. The highest BCUT2D eigenvalue weighted by atomic mass is 16.6. The summed E-state index contributed by atoms with van der Waals surface area (Å²) in [6.45, 7) is 0.0604. The minimum absolute atomic E-state index is 0.0122. The molecule has 1 aliphatic rings. The second-order valence-electron chi connectivity index (χ2n) is 4.98. The highest BCUT2D eigenvalue weighted by Gasteiger charge is 2.28. The molecule has 0 bridgehead atoms. The molecule has 2 atom stereocenters. The predicted octanol–water partition coefficient (Wildman–Crippen LogP) is 1.27. The number of nitrogens with one attached hydrogen (secondary N) is 1. The van der Waals surface area contributed by atoms with E-state index in [1.165, 1.54) is 18.2 Å². The van der Waals surface area contributed by atoms with Crippen molar-refractivity contribution in [2.75, 3.05) is 11.9 Å². The van der Waals surface area contributed by atoms with Gasteiger partial charge in [-0.15, -0.1) is 0 Å². The quantitative estimate of drug-likeness (QED) is 0.554. The highest BCUT2D eigenvalue weighted by Crippen LogP contribution is 2.32. The van der Waals surface area contributed by atoms with Crippen LogP contribution in [0, 0.1) is 16.0 Å². The molecule has 4 N–H and O–H groups in total. The summed E-state index contributed by atoms with van der Waals surface area (Å²) in [5.74, 6) is -0.598. The van der Waals surface area contributed by atoms with Crippen LogP contribution < -0.4 is 11.1 Å². The molecular weight excluding hydrogens is 262 g/mol. The van der Waals surface area contributed by atoms with Gasteiger partial charge in [-0.1, -0.05) is 6.42 Å². The summed E-state index contributed by atoms with van der Waals surface area (Å²) < 4.78 is 0. The number of anilines is 1. The SMILES string of the molecule is NC(=O)c1ccc(NC2CCCC2CO)c([N+](=O)[O-])c1.